The number of rotatable bonds is 5. The first-order chi connectivity index (χ1) is 12.9. The number of carbonyl (C=O) groups is 1. The number of amides is 1. The van der Waals surface area contributed by atoms with Crippen LogP contribution >= 0.6 is 0 Å². The number of aromatic nitrogens is 2. The van der Waals surface area contributed by atoms with Crippen molar-refractivity contribution in [3.63, 3.8) is 0 Å². The Hall–Kier alpha value is -3.21. The second-order valence-corrected chi connectivity index (χ2v) is 6.73. The van der Waals surface area contributed by atoms with Gasteiger partial charge in [0.15, 0.2) is 0 Å². The van der Waals surface area contributed by atoms with Crippen molar-refractivity contribution in [3.05, 3.63) is 82.3 Å². The molecule has 1 aromatic heterocycles. The number of aryl methyl sites for hydroxylation is 3. The predicted octanol–water partition coefficient (Wildman–Crippen LogP) is 4.57. The molecule has 27 heavy (non-hydrogen) atoms. The maximum absolute atomic E-state index is 12.7. The summed E-state index contributed by atoms with van der Waals surface area (Å²) in [7, 11) is 0. The standard InChI is InChI=1S/C22H24N4O/c1-14-7-5-9-18(11-14)13-23-21-12-20(24-17(4)25-21)22(27)26-19-10-6-8-15(2)16(19)3/h5-12H,13H2,1-4H3,(H,26,27)(H,23,24,25). The van der Waals surface area contributed by atoms with Gasteiger partial charge in [-0.25, -0.2) is 9.97 Å². The molecular weight excluding hydrogens is 336 g/mol. The summed E-state index contributed by atoms with van der Waals surface area (Å²) in [6.45, 7) is 8.49. The fourth-order valence-corrected chi connectivity index (χ4v) is 2.86. The number of benzene rings is 2. The molecule has 0 saturated carbocycles. The van der Waals surface area contributed by atoms with Crippen LogP contribution in [0.3, 0.4) is 0 Å². The van der Waals surface area contributed by atoms with Gasteiger partial charge in [0.05, 0.1) is 0 Å². The van der Waals surface area contributed by atoms with Crippen LogP contribution in [0.25, 0.3) is 0 Å². The van der Waals surface area contributed by atoms with Gasteiger partial charge < -0.3 is 10.6 Å². The van der Waals surface area contributed by atoms with Crippen molar-refractivity contribution in [2.45, 2.75) is 34.2 Å². The lowest BCUT2D eigenvalue weighted by Gasteiger charge is -2.12. The van der Waals surface area contributed by atoms with Gasteiger partial charge >= 0.3 is 0 Å². The van der Waals surface area contributed by atoms with Crippen LogP contribution in [0.5, 0.6) is 0 Å². The highest BCUT2D eigenvalue weighted by Gasteiger charge is 2.12. The van der Waals surface area contributed by atoms with Crippen LogP contribution in [-0.4, -0.2) is 15.9 Å². The minimum Gasteiger partial charge on any atom is -0.366 e. The van der Waals surface area contributed by atoms with Gasteiger partial charge in [0.1, 0.15) is 17.3 Å². The maximum atomic E-state index is 12.7. The Bertz CT molecular complexity index is 982. The van der Waals surface area contributed by atoms with Crippen LogP contribution in [0.15, 0.2) is 48.5 Å². The first-order valence-electron chi connectivity index (χ1n) is 8.95. The molecule has 3 rings (SSSR count). The number of carbonyl (C=O) groups excluding carboxylic acids is 1. The van der Waals surface area contributed by atoms with Gasteiger partial charge in [-0.1, -0.05) is 42.0 Å². The zero-order valence-corrected chi connectivity index (χ0v) is 16.1. The van der Waals surface area contributed by atoms with E-state index in [4.69, 9.17) is 0 Å². The van der Waals surface area contributed by atoms with Crippen molar-refractivity contribution < 1.29 is 4.79 Å². The lowest BCUT2D eigenvalue weighted by molar-refractivity contribution is 0.102. The molecule has 2 N–H and O–H groups in total. The van der Waals surface area contributed by atoms with Gasteiger partial charge in [-0.15, -0.1) is 0 Å². The Morgan fingerprint density at radius 1 is 0.963 bits per heavy atom. The van der Waals surface area contributed by atoms with Gasteiger partial charge in [0.2, 0.25) is 0 Å². The number of hydrogen-bond acceptors (Lipinski definition) is 4. The van der Waals surface area contributed by atoms with Gasteiger partial charge in [0, 0.05) is 18.3 Å². The molecule has 1 heterocycles. The zero-order chi connectivity index (χ0) is 19.4. The van der Waals surface area contributed by atoms with Gasteiger partial charge in [-0.2, -0.15) is 0 Å². The van der Waals surface area contributed by atoms with Crippen molar-refractivity contribution in [2.75, 3.05) is 10.6 Å². The van der Waals surface area contributed by atoms with Crippen molar-refractivity contribution in [1.29, 1.82) is 0 Å². The second kappa shape index (κ2) is 7.99. The number of nitrogens with one attached hydrogen (secondary N) is 2. The fourth-order valence-electron chi connectivity index (χ4n) is 2.86. The van der Waals surface area contributed by atoms with E-state index in [2.05, 4.69) is 45.7 Å². The van der Waals surface area contributed by atoms with Crippen LogP contribution in [0.4, 0.5) is 11.5 Å². The summed E-state index contributed by atoms with van der Waals surface area (Å²) < 4.78 is 0. The molecule has 5 heteroatoms. The topological polar surface area (TPSA) is 66.9 Å². The highest BCUT2D eigenvalue weighted by molar-refractivity contribution is 6.03. The largest absolute Gasteiger partial charge is 0.366 e. The summed E-state index contributed by atoms with van der Waals surface area (Å²) in [4.78, 5) is 21.3. The minimum atomic E-state index is -0.243. The molecule has 1 amide bonds. The Labute approximate surface area is 159 Å². The second-order valence-electron chi connectivity index (χ2n) is 6.73. The van der Waals surface area contributed by atoms with Crippen molar-refractivity contribution >= 4 is 17.4 Å². The third-order valence-electron chi connectivity index (χ3n) is 4.48. The Morgan fingerprint density at radius 3 is 2.52 bits per heavy atom. The first kappa shape index (κ1) is 18.6. The number of anilines is 2. The molecule has 0 unspecified atom stereocenters. The monoisotopic (exact) mass is 360 g/mol. The van der Waals surface area contributed by atoms with Crippen molar-refractivity contribution in [2.24, 2.45) is 0 Å². The van der Waals surface area contributed by atoms with E-state index in [-0.39, 0.29) is 5.91 Å². The lowest BCUT2D eigenvalue weighted by Crippen LogP contribution is -2.16. The summed E-state index contributed by atoms with van der Waals surface area (Å²) in [5.41, 5.74) is 5.69. The summed E-state index contributed by atoms with van der Waals surface area (Å²) in [6, 6.07) is 15.8. The highest BCUT2D eigenvalue weighted by atomic mass is 16.1. The number of hydrogen-bond donors (Lipinski definition) is 2. The van der Waals surface area contributed by atoms with Crippen LogP contribution in [0.2, 0.25) is 0 Å². The first-order valence-corrected chi connectivity index (χ1v) is 8.95. The molecule has 0 bridgehead atoms. The van der Waals surface area contributed by atoms with Crippen LogP contribution in [0.1, 0.15) is 38.6 Å². The van der Waals surface area contributed by atoms with E-state index in [1.54, 1.807) is 13.0 Å². The van der Waals surface area contributed by atoms with Crippen LogP contribution < -0.4 is 10.6 Å². The molecule has 0 aliphatic heterocycles. The maximum Gasteiger partial charge on any atom is 0.274 e. The van der Waals surface area contributed by atoms with Crippen LogP contribution in [-0.2, 0) is 6.54 Å². The molecule has 3 aromatic rings. The van der Waals surface area contributed by atoms with E-state index in [1.165, 1.54) is 5.56 Å². The fraction of sp³-hybridized carbons (Fsp3) is 0.227. The molecule has 2 aromatic carbocycles. The summed E-state index contributed by atoms with van der Waals surface area (Å²) >= 11 is 0. The average molecular weight is 360 g/mol. The molecule has 0 spiro atoms. The smallest absolute Gasteiger partial charge is 0.274 e. The van der Waals surface area contributed by atoms with Crippen LogP contribution in [0, 0.1) is 27.7 Å². The summed E-state index contributed by atoms with van der Waals surface area (Å²) in [5, 5.41) is 6.22. The van der Waals surface area contributed by atoms with Gasteiger partial charge in [0.25, 0.3) is 5.91 Å². The molecule has 0 aliphatic rings. The lowest BCUT2D eigenvalue weighted by atomic mass is 10.1. The van der Waals surface area contributed by atoms with E-state index >= 15 is 0 Å². The molecule has 0 radical (unpaired) electrons. The molecular formula is C22H24N4O. The summed E-state index contributed by atoms with van der Waals surface area (Å²) in [5.74, 6) is 0.943. The Morgan fingerprint density at radius 2 is 1.74 bits per heavy atom. The van der Waals surface area contributed by atoms with E-state index in [9.17, 15) is 4.79 Å². The average Bonchev–Trinajstić information content (AvgIpc) is 2.63. The van der Waals surface area contributed by atoms with E-state index in [1.807, 2.05) is 38.1 Å². The van der Waals surface area contributed by atoms with E-state index in [0.717, 1.165) is 22.4 Å². The Balaban J connectivity index is 1.76. The van der Waals surface area contributed by atoms with Crippen molar-refractivity contribution in [1.82, 2.24) is 9.97 Å². The Kier molecular flexibility index (Phi) is 5.50. The highest BCUT2D eigenvalue weighted by Crippen LogP contribution is 2.19. The molecule has 0 atom stereocenters. The minimum absolute atomic E-state index is 0.243. The summed E-state index contributed by atoms with van der Waals surface area (Å²) in [6.07, 6.45) is 0. The van der Waals surface area contributed by atoms with E-state index in [0.29, 0.717) is 23.9 Å². The molecule has 0 aliphatic carbocycles. The normalized spacial score (nSPS) is 10.5. The predicted molar refractivity (Wildman–Crippen MR) is 109 cm³/mol. The number of nitrogens with zero attached hydrogens (tertiary/aromatic N) is 2. The van der Waals surface area contributed by atoms with Crippen molar-refractivity contribution in [3.8, 4) is 0 Å². The molecule has 0 fully saturated rings. The van der Waals surface area contributed by atoms with Gasteiger partial charge in [-0.05, 0) is 50.5 Å². The van der Waals surface area contributed by atoms with E-state index < -0.39 is 0 Å². The zero-order valence-electron chi connectivity index (χ0n) is 16.1. The SMILES string of the molecule is Cc1cccc(CNc2cc(C(=O)Nc3cccc(C)c3C)nc(C)n2)c1. The third kappa shape index (κ3) is 4.70. The quantitative estimate of drug-likeness (QED) is 0.699. The third-order valence-corrected chi connectivity index (χ3v) is 4.48. The molecule has 5 nitrogen and oxygen atoms in total. The molecule has 138 valence electrons. The molecule has 0 saturated heterocycles. The van der Waals surface area contributed by atoms with Gasteiger partial charge in [-0.3, -0.25) is 4.79 Å².